The average molecular weight is 308 g/mol. The highest BCUT2D eigenvalue weighted by Crippen LogP contribution is 2.31. The van der Waals surface area contributed by atoms with Crippen molar-refractivity contribution in [2.45, 2.75) is 25.5 Å². The molecule has 0 radical (unpaired) electrons. The smallest absolute Gasteiger partial charge is 0.325 e. The van der Waals surface area contributed by atoms with E-state index in [-0.39, 0.29) is 12.5 Å². The summed E-state index contributed by atoms with van der Waals surface area (Å²) in [5, 5.41) is 13.0. The number of carbonyl (C=O) groups is 2. The summed E-state index contributed by atoms with van der Waals surface area (Å²) in [7, 11) is 2.99. The van der Waals surface area contributed by atoms with Gasteiger partial charge in [0.15, 0.2) is 0 Å². The molecule has 0 aliphatic carbocycles. The summed E-state index contributed by atoms with van der Waals surface area (Å²) in [6.07, 6.45) is -1.08. The molecule has 1 saturated heterocycles. The molecule has 120 valence electrons. The van der Waals surface area contributed by atoms with Crippen LogP contribution in [0, 0.1) is 0 Å². The van der Waals surface area contributed by atoms with Gasteiger partial charge in [0.05, 0.1) is 20.8 Å². The zero-order valence-electron chi connectivity index (χ0n) is 13.0. The Morgan fingerprint density at radius 1 is 1.27 bits per heavy atom. The predicted octanol–water partition coefficient (Wildman–Crippen LogP) is 1.07. The van der Waals surface area contributed by atoms with Crippen LogP contribution in [0.15, 0.2) is 18.2 Å². The van der Waals surface area contributed by atoms with Crippen molar-refractivity contribution in [2.24, 2.45) is 0 Å². The van der Waals surface area contributed by atoms with Gasteiger partial charge in [-0.05, 0) is 32.0 Å². The van der Waals surface area contributed by atoms with Gasteiger partial charge in [-0.2, -0.15) is 0 Å². The first kappa shape index (κ1) is 16.1. The van der Waals surface area contributed by atoms with Crippen molar-refractivity contribution < 1.29 is 24.2 Å². The highest BCUT2D eigenvalue weighted by molar-refractivity contribution is 6.06. The zero-order valence-corrected chi connectivity index (χ0v) is 13.0. The molecule has 1 heterocycles. The Bertz CT molecular complexity index is 600. The van der Waals surface area contributed by atoms with Gasteiger partial charge in [-0.1, -0.05) is 0 Å². The maximum atomic E-state index is 12.2. The Balaban J connectivity index is 2.24. The minimum atomic E-state index is -1.08. The number of aliphatic hydroxyl groups is 1. The molecule has 1 fully saturated rings. The first-order valence-corrected chi connectivity index (χ1v) is 6.84. The van der Waals surface area contributed by atoms with Crippen LogP contribution in [0.1, 0.15) is 25.5 Å². The number of nitrogens with one attached hydrogen (secondary N) is 1. The van der Waals surface area contributed by atoms with Crippen LogP contribution in [-0.4, -0.2) is 48.2 Å². The molecule has 0 aromatic heterocycles. The number of hydrogen-bond donors (Lipinski definition) is 2. The number of carbonyl (C=O) groups excluding carboxylic acids is 2. The molecule has 0 spiro atoms. The average Bonchev–Trinajstić information content (AvgIpc) is 2.68. The van der Waals surface area contributed by atoms with E-state index in [0.29, 0.717) is 17.1 Å². The Labute approximate surface area is 128 Å². The number of hydrogen-bond acceptors (Lipinski definition) is 5. The number of amides is 3. The van der Waals surface area contributed by atoms with Crippen molar-refractivity contribution in [2.75, 3.05) is 20.8 Å². The monoisotopic (exact) mass is 308 g/mol. The molecule has 7 heteroatoms. The quantitative estimate of drug-likeness (QED) is 0.794. The molecule has 1 atom stereocenters. The maximum absolute atomic E-state index is 12.2. The van der Waals surface area contributed by atoms with Crippen molar-refractivity contribution in [3.63, 3.8) is 0 Å². The Hall–Kier alpha value is -2.28. The molecule has 2 N–H and O–H groups in total. The van der Waals surface area contributed by atoms with Gasteiger partial charge in [-0.25, -0.2) is 4.79 Å². The van der Waals surface area contributed by atoms with Crippen molar-refractivity contribution in [3.8, 4) is 11.5 Å². The summed E-state index contributed by atoms with van der Waals surface area (Å²) in [6, 6.07) is 4.46. The van der Waals surface area contributed by atoms with Crippen LogP contribution in [-0.2, 0) is 4.79 Å². The van der Waals surface area contributed by atoms with Gasteiger partial charge in [-0.3, -0.25) is 9.69 Å². The molecular formula is C15H20N2O5. The lowest BCUT2D eigenvalue weighted by Crippen LogP contribution is -2.40. The summed E-state index contributed by atoms with van der Waals surface area (Å²) >= 11 is 0. The number of methoxy groups -OCH3 is 2. The predicted molar refractivity (Wildman–Crippen MR) is 78.8 cm³/mol. The second-order valence-electron chi connectivity index (χ2n) is 5.59. The van der Waals surface area contributed by atoms with E-state index in [1.165, 1.54) is 14.2 Å². The second kappa shape index (κ2) is 5.84. The van der Waals surface area contributed by atoms with Gasteiger partial charge < -0.3 is 19.9 Å². The van der Waals surface area contributed by atoms with E-state index in [1.807, 2.05) is 0 Å². The number of benzene rings is 1. The van der Waals surface area contributed by atoms with Gasteiger partial charge in [0, 0.05) is 5.56 Å². The van der Waals surface area contributed by atoms with Crippen molar-refractivity contribution in [1.82, 2.24) is 10.2 Å². The van der Waals surface area contributed by atoms with Crippen LogP contribution in [0.4, 0.5) is 4.79 Å². The lowest BCUT2D eigenvalue weighted by Gasteiger charge is -2.21. The van der Waals surface area contributed by atoms with E-state index in [2.05, 4.69) is 5.32 Å². The van der Waals surface area contributed by atoms with Crippen LogP contribution in [0.2, 0.25) is 0 Å². The molecule has 0 bridgehead atoms. The van der Waals surface area contributed by atoms with E-state index < -0.39 is 17.7 Å². The standard InChI is InChI=1S/C15H20N2O5/c1-15(2)13(19)17(14(20)16-15)8-11(18)10-7-9(21-3)5-6-12(10)22-4/h5-7,11,18H,8H2,1-4H3,(H,16,20)/t11-/m0/s1. The zero-order chi connectivity index (χ0) is 16.5. The summed E-state index contributed by atoms with van der Waals surface area (Å²) < 4.78 is 10.3. The van der Waals surface area contributed by atoms with Crippen LogP contribution >= 0.6 is 0 Å². The third-order valence-electron chi connectivity index (χ3n) is 3.60. The largest absolute Gasteiger partial charge is 0.497 e. The van der Waals surface area contributed by atoms with Crippen molar-refractivity contribution in [3.05, 3.63) is 23.8 Å². The highest BCUT2D eigenvalue weighted by atomic mass is 16.5. The third-order valence-corrected chi connectivity index (χ3v) is 3.60. The van der Waals surface area contributed by atoms with E-state index in [4.69, 9.17) is 9.47 Å². The molecule has 1 aromatic rings. The molecular weight excluding hydrogens is 288 g/mol. The molecule has 1 aromatic carbocycles. The Morgan fingerprint density at radius 3 is 2.45 bits per heavy atom. The van der Waals surface area contributed by atoms with Gasteiger partial charge in [-0.15, -0.1) is 0 Å². The Morgan fingerprint density at radius 2 is 1.95 bits per heavy atom. The number of urea groups is 1. The minimum absolute atomic E-state index is 0.155. The van der Waals surface area contributed by atoms with E-state index >= 15 is 0 Å². The number of imide groups is 1. The summed E-state index contributed by atoms with van der Waals surface area (Å²) in [6.45, 7) is 3.08. The molecule has 2 rings (SSSR count). The fourth-order valence-electron chi connectivity index (χ4n) is 2.35. The van der Waals surface area contributed by atoms with Crippen molar-refractivity contribution in [1.29, 1.82) is 0 Å². The van der Waals surface area contributed by atoms with Gasteiger partial charge in [0.1, 0.15) is 23.1 Å². The highest BCUT2D eigenvalue weighted by Gasteiger charge is 2.44. The number of β-amino-alcohol motifs (C(OH)–C–C–N with tert-alkyl or cyclic N) is 1. The second-order valence-corrected chi connectivity index (χ2v) is 5.59. The van der Waals surface area contributed by atoms with Crippen LogP contribution in [0.3, 0.4) is 0 Å². The van der Waals surface area contributed by atoms with Crippen molar-refractivity contribution >= 4 is 11.9 Å². The molecule has 0 saturated carbocycles. The lowest BCUT2D eigenvalue weighted by molar-refractivity contribution is -0.131. The van der Waals surface area contributed by atoms with Crippen LogP contribution < -0.4 is 14.8 Å². The fourth-order valence-corrected chi connectivity index (χ4v) is 2.35. The van der Waals surface area contributed by atoms with E-state index in [1.54, 1.807) is 32.0 Å². The van der Waals surface area contributed by atoms with E-state index in [9.17, 15) is 14.7 Å². The number of ether oxygens (including phenoxy) is 2. The molecule has 1 aliphatic rings. The Kier molecular flexibility index (Phi) is 4.27. The van der Waals surface area contributed by atoms with Gasteiger partial charge in [0.2, 0.25) is 0 Å². The summed E-state index contributed by atoms with van der Waals surface area (Å²) in [4.78, 5) is 25.0. The van der Waals surface area contributed by atoms with Gasteiger partial charge >= 0.3 is 6.03 Å². The van der Waals surface area contributed by atoms with Crippen LogP contribution in [0.25, 0.3) is 0 Å². The third kappa shape index (κ3) is 2.85. The molecule has 0 unspecified atom stereocenters. The topological polar surface area (TPSA) is 88.1 Å². The first-order valence-electron chi connectivity index (χ1n) is 6.84. The van der Waals surface area contributed by atoms with Gasteiger partial charge in [0.25, 0.3) is 5.91 Å². The number of nitrogens with zero attached hydrogens (tertiary/aromatic N) is 1. The summed E-state index contributed by atoms with van der Waals surface area (Å²) in [5.74, 6) is 0.630. The SMILES string of the molecule is COc1ccc(OC)c([C@@H](O)CN2C(=O)NC(C)(C)C2=O)c1. The molecule has 3 amide bonds. The minimum Gasteiger partial charge on any atom is -0.497 e. The molecule has 1 aliphatic heterocycles. The number of aliphatic hydroxyl groups excluding tert-OH is 1. The normalized spacial score (nSPS) is 18.1. The maximum Gasteiger partial charge on any atom is 0.325 e. The molecule has 7 nitrogen and oxygen atoms in total. The number of rotatable bonds is 5. The van der Waals surface area contributed by atoms with Crippen LogP contribution in [0.5, 0.6) is 11.5 Å². The molecule has 22 heavy (non-hydrogen) atoms. The lowest BCUT2D eigenvalue weighted by atomic mass is 10.0. The first-order chi connectivity index (χ1) is 10.3. The van der Waals surface area contributed by atoms with E-state index in [0.717, 1.165) is 4.90 Å². The summed E-state index contributed by atoms with van der Waals surface area (Å²) in [5.41, 5.74) is -0.512. The fraction of sp³-hybridized carbons (Fsp3) is 0.467.